The van der Waals surface area contributed by atoms with Crippen LogP contribution in [0.25, 0.3) is 0 Å². The largest absolute Gasteiger partial charge is 0.343 e. The predicted molar refractivity (Wildman–Crippen MR) is 79.0 cm³/mol. The molecule has 0 aromatic heterocycles. The minimum absolute atomic E-state index is 0. The van der Waals surface area contributed by atoms with Crippen molar-refractivity contribution < 1.29 is 30.5 Å². The second-order valence-corrected chi connectivity index (χ2v) is 6.06. The summed E-state index contributed by atoms with van der Waals surface area (Å²) < 4.78 is 10.9. The molecule has 0 saturated heterocycles. The summed E-state index contributed by atoms with van der Waals surface area (Å²) in [5.74, 6) is 0. The van der Waals surface area contributed by atoms with E-state index < -0.39 is 8.03 Å². The summed E-state index contributed by atoms with van der Waals surface area (Å²) >= 11 is 0. The van der Waals surface area contributed by atoms with E-state index in [0.717, 1.165) is 6.42 Å². The van der Waals surface area contributed by atoms with Gasteiger partial charge in [0.2, 0.25) is 8.03 Å². The monoisotopic (exact) mass is 366 g/mol. The molecule has 0 fully saturated rings. The molecule has 0 saturated carbocycles. The first-order chi connectivity index (χ1) is 8.74. The first-order valence-corrected chi connectivity index (χ1v) is 8.42. The van der Waals surface area contributed by atoms with Gasteiger partial charge in [-0.2, -0.15) is 0 Å². The summed E-state index contributed by atoms with van der Waals surface area (Å²) in [4.78, 5) is 8.98. The minimum atomic E-state index is -2.52. The van der Waals surface area contributed by atoms with Gasteiger partial charge in [-0.05, 0) is 30.5 Å². The molecule has 108 valence electrons. The van der Waals surface area contributed by atoms with E-state index in [9.17, 15) is 4.57 Å². The van der Waals surface area contributed by atoms with Gasteiger partial charge in [0, 0.05) is 26.4 Å². The third-order valence-electron chi connectivity index (χ3n) is 3.27. The van der Waals surface area contributed by atoms with Crippen LogP contribution in [-0.2, 0) is 32.1 Å². The Kier molecular flexibility index (Phi) is 11.9. The van der Waals surface area contributed by atoms with Crippen LogP contribution in [0.1, 0.15) is 57.4 Å². The van der Waals surface area contributed by atoms with Gasteiger partial charge >= 0.3 is 0 Å². The molecule has 1 N–H and O–H groups in total. The smallest absolute Gasteiger partial charge is 0.218 e. The maximum absolute atomic E-state index is 10.9. The summed E-state index contributed by atoms with van der Waals surface area (Å²) in [5.41, 5.74) is 1.27. The number of hydrogen-bond acceptors (Lipinski definition) is 1. The van der Waals surface area contributed by atoms with Crippen molar-refractivity contribution in [3.05, 3.63) is 29.8 Å². The summed E-state index contributed by atoms with van der Waals surface area (Å²) in [6.07, 6.45) is 10.3. The van der Waals surface area contributed by atoms with Gasteiger partial charge in [0.1, 0.15) is 0 Å². The van der Waals surface area contributed by atoms with Crippen molar-refractivity contribution in [3.8, 4) is 0 Å². The van der Waals surface area contributed by atoms with E-state index in [4.69, 9.17) is 4.89 Å². The molecule has 19 heavy (non-hydrogen) atoms. The summed E-state index contributed by atoms with van der Waals surface area (Å²) in [7, 11) is -2.52. The van der Waals surface area contributed by atoms with Gasteiger partial charge in [0.05, 0.1) is 0 Å². The zero-order valence-corrected chi connectivity index (χ0v) is 14.7. The van der Waals surface area contributed by atoms with E-state index in [-0.39, 0.29) is 21.1 Å². The van der Waals surface area contributed by atoms with Gasteiger partial charge in [0.15, 0.2) is 0 Å². The van der Waals surface area contributed by atoms with Crippen molar-refractivity contribution in [3.63, 3.8) is 0 Å². The summed E-state index contributed by atoms with van der Waals surface area (Å²) in [6, 6.07) is 7.51. The Morgan fingerprint density at radius 1 is 0.947 bits per heavy atom. The Hall–Kier alpha value is 0.0983. The van der Waals surface area contributed by atoms with Crippen LogP contribution >= 0.6 is 8.03 Å². The normalized spacial score (nSPS) is 11.9. The quantitative estimate of drug-likeness (QED) is 0.408. The standard InChI is InChI=1S/C15H25O2P.Mo/c1-2-3-4-5-6-7-8-9-14-10-12-15(13-11-14)18(16)17;/h10-13,18H,2-9H2,1H3,(H,16,17);. The maximum atomic E-state index is 10.9. The summed E-state index contributed by atoms with van der Waals surface area (Å²) in [6.45, 7) is 2.24. The van der Waals surface area contributed by atoms with Crippen LogP contribution in [0.2, 0.25) is 0 Å². The summed E-state index contributed by atoms with van der Waals surface area (Å²) in [5, 5.41) is 0.559. The number of rotatable bonds is 9. The number of hydrogen-bond donors (Lipinski definition) is 1. The molecule has 0 bridgehead atoms. The Bertz CT molecular complexity index is 352. The molecule has 0 heterocycles. The van der Waals surface area contributed by atoms with Crippen molar-refractivity contribution >= 4 is 13.3 Å². The van der Waals surface area contributed by atoms with E-state index in [1.54, 1.807) is 12.1 Å². The van der Waals surface area contributed by atoms with Gasteiger partial charge in [-0.1, -0.05) is 57.6 Å². The fraction of sp³-hybridized carbons (Fsp3) is 0.600. The van der Waals surface area contributed by atoms with Gasteiger partial charge < -0.3 is 4.89 Å². The van der Waals surface area contributed by atoms with Gasteiger partial charge in [0.25, 0.3) is 0 Å². The van der Waals surface area contributed by atoms with Gasteiger partial charge in [-0.15, -0.1) is 0 Å². The van der Waals surface area contributed by atoms with E-state index >= 15 is 0 Å². The maximum Gasteiger partial charge on any atom is 0.218 e. The predicted octanol–water partition coefficient (Wildman–Crippen LogP) is 4.07. The second-order valence-electron chi connectivity index (χ2n) is 4.87. The van der Waals surface area contributed by atoms with Crippen molar-refractivity contribution in [2.24, 2.45) is 0 Å². The zero-order valence-electron chi connectivity index (χ0n) is 11.7. The second kappa shape index (κ2) is 11.9. The minimum Gasteiger partial charge on any atom is -0.343 e. The van der Waals surface area contributed by atoms with E-state index in [1.807, 2.05) is 12.1 Å². The molecule has 2 nitrogen and oxygen atoms in total. The molecule has 4 heteroatoms. The van der Waals surface area contributed by atoms with Crippen LogP contribution in [0.3, 0.4) is 0 Å². The fourth-order valence-electron chi connectivity index (χ4n) is 2.10. The number of aryl methyl sites for hydroxylation is 1. The Morgan fingerprint density at radius 3 is 2.00 bits per heavy atom. The van der Waals surface area contributed by atoms with Crippen molar-refractivity contribution in [1.29, 1.82) is 0 Å². The average Bonchev–Trinajstić information content (AvgIpc) is 2.38. The number of unbranched alkanes of at least 4 members (excludes halogenated alkanes) is 6. The van der Waals surface area contributed by atoms with Crippen LogP contribution in [0, 0.1) is 0 Å². The van der Waals surface area contributed by atoms with Gasteiger partial charge in [-0.25, -0.2) is 0 Å². The third-order valence-corrected chi connectivity index (χ3v) is 4.10. The van der Waals surface area contributed by atoms with Crippen molar-refractivity contribution in [2.75, 3.05) is 0 Å². The molecule has 1 rings (SSSR count). The van der Waals surface area contributed by atoms with Crippen molar-refractivity contribution in [1.82, 2.24) is 0 Å². The first kappa shape index (κ1) is 19.1. The molecule has 0 aliphatic carbocycles. The molecule has 1 aromatic rings. The molecular formula is C15H25MoO2P. The molecule has 0 aliphatic heterocycles. The first-order valence-electron chi connectivity index (χ1n) is 7.06. The Labute approximate surface area is 132 Å². The Balaban J connectivity index is 0.00000324. The Morgan fingerprint density at radius 2 is 1.47 bits per heavy atom. The molecular weight excluding hydrogens is 339 g/mol. The van der Waals surface area contributed by atoms with E-state index in [1.165, 1.54) is 50.5 Å². The molecule has 0 aliphatic rings. The zero-order chi connectivity index (χ0) is 13.2. The fourth-order valence-corrected chi connectivity index (χ4v) is 2.55. The molecule has 1 atom stereocenters. The topological polar surface area (TPSA) is 37.3 Å². The third kappa shape index (κ3) is 8.79. The molecule has 1 unspecified atom stereocenters. The molecule has 0 spiro atoms. The number of benzene rings is 1. The van der Waals surface area contributed by atoms with E-state index in [2.05, 4.69) is 6.92 Å². The van der Waals surface area contributed by atoms with Crippen LogP contribution in [0.4, 0.5) is 0 Å². The van der Waals surface area contributed by atoms with Crippen LogP contribution in [-0.4, -0.2) is 4.89 Å². The van der Waals surface area contributed by atoms with Gasteiger partial charge in [-0.3, -0.25) is 4.57 Å². The van der Waals surface area contributed by atoms with Crippen LogP contribution in [0.5, 0.6) is 0 Å². The van der Waals surface area contributed by atoms with E-state index in [0.29, 0.717) is 5.30 Å². The van der Waals surface area contributed by atoms with Crippen LogP contribution < -0.4 is 5.30 Å². The SMILES string of the molecule is CCCCCCCCCc1ccc([PH](=O)O)cc1.[Mo]. The van der Waals surface area contributed by atoms with Crippen molar-refractivity contribution in [2.45, 2.75) is 58.3 Å². The molecule has 0 amide bonds. The van der Waals surface area contributed by atoms with Crippen LogP contribution in [0.15, 0.2) is 24.3 Å². The molecule has 1 aromatic carbocycles. The average molecular weight is 364 g/mol. The molecule has 0 radical (unpaired) electrons.